The van der Waals surface area contributed by atoms with E-state index in [1.54, 1.807) is 18.6 Å². The van der Waals surface area contributed by atoms with E-state index in [9.17, 15) is 4.39 Å². The Morgan fingerprint density at radius 1 is 1.20 bits per heavy atom. The summed E-state index contributed by atoms with van der Waals surface area (Å²) >= 11 is 1.26. The summed E-state index contributed by atoms with van der Waals surface area (Å²) in [4.78, 5) is 15.1. The molecule has 0 aliphatic heterocycles. The van der Waals surface area contributed by atoms with E-state index in [0.717, 1.165) is 5.56 Å². The predicted molar refractivity (Wildman–Crippen MR) is 52.9 cm³/mol. The Labute approximate surface area is 90.0 Å². The summed E-state index contributed by atoms with van der Waals surface area (Å²) in [6.45, 7) is 1.82. The molecular weight excluding hydrogens is 215 g/mol. The molecule has 0 fully saturated rings. The summed E-state index contributed by atoms with van der Waals surface area (Å²) in [5.74, 6) is 0. The van der Waals surface area contributed by atoms with Gasteiger partial charge in [0.25, 0.3) is 0 Å². The van der Waals surface area contributed by atoms with Crippen LogP contribution in [0, 0.1) is 13.0 Å². The number of halogens is 1. The fraction of sp³-hybridized carbons (Fsp3) is 0.111. The van der Waals surface area contributed by atoms with E-state index in [-0.39, 0.29) is 0 Å². The zero-order valence-corrected chi connectivity index (χ0v) is 8.70. The number of nitrogens with zero attached hydrogens (tertiary/aromatic N) is 4. The molecule has 0 N–H and O–H groups in total. The van der Waals surface area contributed by atoms with Gasteiger partial charge in [0.15, 0.2) is 0 Å². The van der Waals surface area contributed by atoms with Crippen LogP contribution in [0.3, 0.4) is 0 Å². The first kappa shape index (κ1) is 9.97. The smallest absolute Gasteiger partial charge is 0.260 e. The Bertz CT molecular complexity index is 463. The maximum Gasteiger partial charge on any atom is 0.309 e. The normalized spacial score (nSPS) is 10.3. The minimum absolute atomic E-state index is 0.558. The van der Waals surface area contributed by atoms with E-state index in [1.165, 1.54) is 18.0 Å². The van der Waals surface area contributed by atoms with Crippen LogP contribution in [0.5, 0.6) is 0 Å². The maximum atomic E-state index is 12.8. The highest BCUT2D eigenvalue weighted by molar-refractivity contribution is 7.99. The third kappa shape index (κ3) is 2.47. The van der Waals surface area contributed by atoms with Crippen molar-refractivity contribution >= 4 is 11.8 Å². The van der Waals surface area contributed by atoms with Gasteiger partial charge in [-0.1, -0.05) is 0 Å². The molecule has 2 heterocycles. The summed E-state index contributed by atoms with van der Waals surface area (Å²) in [6, 6.07) is 0. The molecule has 0 spiro atoms. The SMILES string of the molecule is Cc1cnc(F)nc1Sc1cnccn1. The van der Waals surface area contributed by atoms with Crippen LogP contribution in [0.25, 0.3) is 0 Å². The summed E-state index contributed by atoms with van der Waals surface area (Å²) in [6.07, 6.45) is 5.48. The van der Waals surface area contributed by atoms with Gasteiger partial charge in [-0.05, 0) is 18.7 Å². The van der Waals surface area contributed by atoms with Crippen LogP contribution in [0.1, 0.15) is 5.56 Å². The van der Waals surface area contributed by atoms with E-state index in [4.69, 9.17) is 0 Å². The average molecular weight is 222 g/mol. The Hall–Kier alpha value is -1.56. The lowest BCUT2D eigenvalue weighted by Crippen LogP contribution is -1.94. The topological polar surface area (TPSA) is 51.6 Å². The van der Waals surface area contributed by atoms with Gasteiger partial charge in [-0.25, -0.2) is 9.97 Å². The molecule has 2 rings (SSSR count). The second-order valence-electron chi connectivity index (χ2n) is 2.77. The summed E-state index contributed by atoms with van der Waals surface area (Å²) in [7, 11) is 0. The monoisotopic (exact) mass is 222 g/mol. The lowest BCUT2D eigenvalue weighted by Gasteiger charge is -2.01. The molecule has 76 valence electrons. The van der Waals surface area contributed by atoms with E-state index < -0.39 is 6.08 Å². The van der Waals surface area contributed by atoms with Crippen molar-refractivity contribution in [2.75, 3.05) is 0 Å². The fourth-order valence-corrected chi connectivity index (χ4v) is 1.71. The molecule has 0 aromatic carbocycles. The number of rotatable bonds is 2. The lowest BCUT2D eigenvalue weighted by atomic mass is 10.4. The largest absolute Gasteiger partial charge is 0.309 e. The van der Waals surface area contributed by atoms with E-state index in [0.29, 0.717) is 10.1 Å². The Morgan fingerprint density at radius 2 is 2.07 bits per heavy atom. The van der Waals surface area contributed by atoms with Crippen LogP contribution < -0.4 is 0 Å². The third-order valence-corrected chi connectivity index (χ3v) is 2.66. The van der Waals surface area contributed by atoms with Crippen molar-refractivity contribution in [2.45, 2.75) is 17.0 Å². The van der Waals surface area contributed by atoms with E-state index in [2.05, 4.69) is 19.9 Å². The van der Waals surface area contributed by atoms with Crippen LogP contribution in [-0.2, 0) is 0 Å². The van der Waals surface area contributed by atoms with Gasteiger partial charge in [-0.15, -0.1) is 0 Å². The first-order valence-corrected chi connectivity index (χ1v) is 5.00. The molecule has 15 heavy (non-hydrogen) atoms. The van der Waals surface area contributed by atoms with Crippen molar-refractivity contribution in [3.63, 3.8) is 0 Å². The molecule has 0 unspecified atom stereocenters. The number of hydrogen-bond donors (Lipinski definition) is 0. The Morgan fingerprint density at radius 3 is 2.80 bits per heavy atom. The van der Waals surface area contributed by atoms with Crippen molar-refractivity contribution in [3.8, 4) is 0 Å². The number of aromatic nitrogens is 4. The van der Waals surface area contributed by atoms with Crippen molar-refractivity contribution in [1.29, 1.82) is 0 Å². The third-order valence-electron chi connectivity index (χ3n) is 1.64. The summed E-state index contributed by atoms with van der Waals surface area (Å²) < 4.78 is 12.8. The van der Waals surface area contributed by atoms with Gasteiger partial charge in [0.1, 0.15) is 10.1 Å². The summed E-state index contributed by atoms with van der Waals surface area (Å²) in [5.41, 5.74) is 0.812. The Kier molecular flexibility index (Phi) is 2.86. The molecule has 0 aliphatic carbocycles. The van der Waals surface area contributed by atoms with Crippen molar-refractivity contribution < 1.29 is 4.39 Å². The average Bonchev–Trinajstić information content (AvgIpc) is 2.25. The fourth-order valence-electron chi connectivity index (χ4n) is 0.947. The van der Waals surface area contributed by atoms with Gasteiger partial charge >= 0.3 is 6.08 Å². The minimum atomic E-state index is -0.730. The van der Waals surface area contributed by atoms with Crippen LogP contribution >= 0.6 is 11.8 Å². The molecule has 0 atom stereocenters. The molecule has 0 bridgehead atoms. The second-order valence-corrected chi connectivity index (χ2v) is 3.78. The molecule has 6 heteroatoms. The first-order valence-electron chi connectivity index (χ1n) is 4.19. The zero-order chi connectivity index (χ0) is 10.7. The molecule has 0 aliphatic rings. The highest BCUT2D eigenvalue weighted by atomic mass is 32.2. The first-order chi connectivity index (χ1) is 7.25. The molecule has 2 aromatic heterocycles. The molecule has 0 saturated carbocycles. The predicted octanol–water partition coefficient (Wildman–Crippen LogP) is 1.87. The summed E-state index contributed by atoms with van der Waals surface area (Å²) in [5, 5.41) is 1.24. The van der Waals surface area contributed by atoms with Gasteiger partial charge in [0, 0.05) is 24.2 Å². The molecule has 0 radical (unpaired) electrons. The van der Waals surface area contributed by atoms with Gasteiger partial charge < -0.3 is 0 Å². The highest BCUT2D eigenvalue weighted by Gasteiger charge is 2.06. The van der Waals surface area contributed by atoms with Crippen LogP contribution in [0.2, 0.25) is 0 Å². The van der Waals surface area contributed by atoms with Crippen LogP contribution in [0.4, 0.5) is 4.39 Å². The van der Waals surface area contributed by atoms with E-state index >= 15 is 0 Å². The quantitative estimate of drug-likeness (QED) is 0.573. The maximum absolute atomic E-state index is 12.8. The van der Waals surface area contributed by atoms with Gasteiger partial charge in [0.2, 0.25) is 0 Å². The standard InChI is InChI=1S/C9H7FN4S/c1-6-4-13-9(10)14-8(6)15-7-5-11-2-3-12-7/h2-5H,1H3. The van der Waals surface area contributed by atoms with Gasteiger partial charge in [-0.3, -0.25) is 4.98 Å². The van der Waals surface area contributed by atoms with Gasteiger partial charge in [0.05, 0.1) is 6.20 Å². The van der Waals surface area contributed by atoms with Gasteiger partial charge in [-0.2, -0.15) is 9.37 Å². The molecule has 0 saturated heterocycles. The minimum Gasteiger partial charge on any atom is -0.260 e. The molecular formula is C9H7FN4S. The molecule has 4 nitrogen and oxygen atoms in total. The Balaban J connectivity index is 2.28. The van der Waals surface area contributed by atoms with Crippen LogP contribution in [-0.4, -0.2) is 19.9 Å². The number of aryl methyl sites for hydroxylation is 1. The highest BCUT2D eigenvalue weighted by Crippen LogP contribution is 2.25. The van der Waals surface area contributed by atoms with Crippen molar-refractivity contribution in [2.24, 2.45) is 0 Å². The lowest BCUT2D eigenvalue weighted by molar-refractivity contribution is 0.524. The second kappa shape index (κ2) is 4.31. The van der Waals surface area contributed by atoms with Crippen molar-refractivity contribution in [3.05, 3.63) is 36.4 Å². The van der Waals surface area contributed by atoms with Crippen molar-refractivity contribution in [1.82, 2.24) is 19.9 Å². The molecule has 2 aromatic rings. The zero-order valence-electron chi connectivity index (χ0n) is 7.88. The van der Waals surface area contributed by atoms with E-state index in [1.807, 2.05) is 6.92 Å². The molecule has 0 amide bonds. The number of hydrogen-bond acceptors (Lipinski definition) is 5. The van der Waals surface area contributed by atoms with Crippen LogP contribution in [0.15, 0.2) is 34.8 Å².